The third-order valence-electron chi connectivity index (χ3n) is 4.99. The molecule has 0 amide bonds. The van der Waals surface area contributed by atoms with Crippen molar-refractivity contribution in [3.63, 3.8) is 0 Å². The van der Waals surface area contributed by atoms with Crippen LogP contribution in [0.25, 0.3) is 11.0 Å². The first kappa shape index (κ1) is 16.4. The van der Waals surface area contributed by atoms with Gasteiger partial charge in [0.05, 0.1) is 16.0 Å². The van der Waals surface area contributed by atoms with Crippen LogP contribution in [0.3, 0.4) is 0 Å². The highest BCUT2D eigenvalue weighted by Crippen LogP contribution is 2.38. The molecule has 3 rings (SSSR count). The van der Waals surface area contributed by atoms with Crippen molar-refractivity contribution >= 4 is 16.7 Å². The van der Waals surface area contributed by atoms with E-state index in [9.17, 15) is 19.7 Å². The second-order valence-electron chi connectivity index (χ2n) is 6.45. The minimum Gasteiger partial charge on any atom is -0.324 e. The molecular formula is C16H20N4O4. The van der Waals surface area contributed by atoms with Crippen LogP contribution in [-0.2, 0) is 0 Å². The largest absolute Gasteiger partial charge is 0.324 e. The number of nitrogens with one attached hydrogen (secondary N) is 2. The number of hydrogen-bond acceptors (Lipinski definition) is 5. The van der Waals surface area contributed by atoms with E-state index >= 15 is 0 Å². The molecular weight excluding hydrogens is 312 g/mol. The van der Waals surface area contributed by atoms with Crippen molar-refractivity contribution < 1.29 is 4.92 Å². The van der Waals surface area contributed by atoms with E-state index in [1.807, 2.05) is 0 Å². The molecule has 1 atom stereocenters. The summed E-state index contributed by atoms with van der Waals surface area (Å²) in [6.45, 7) is 1.64. The van der Waals surface area contributed by atoms with Gasteiger partial charge in [-0.3, -0.25) is 19.7 Å². The quantitative estimate of drug-likeness (QED) is 0.449. The number of nitrogens with two attached hydrogens (primary N) is 1. The number of aromatic amines is 2. The van der Waals surface area contributed by atoms with Crippen LogP contribution < -0.4 is 16.9 Å². The lowest BCUT2D eigenvalue weighted by Crippen LogP contribution is -2.31. The second-order valence-corrected chi connectivity index (χ2v) is 6.45. The Labute approximate surface area is 137 Å². The summed E-state index contributed by atoms with van der Waals surface area (Å²) >= 11 is 0. The van der Waals surface area contributed by atoms with E-state index in [-0.39, 0.29) is 17.1 Å². The highest BCUT2D eigenvalue weighted by atomic mass is 16.6. The Hall–Kier alpha value is -2.48. The molecule has 8 nitrogen and oxygen atoms in total. The van der Waals surface area contributed by atoms with E-state index < -0.39 is 22.1 Å². The Morgan fingerprint density at radius 2 is 1.83 bits per heavy atom. The summed E-state index contributed by atoms with van der Waals surface area (Å²) in [6.07, 6.45) is 5.24. The number of nitro groups is 1. The van der Waals surface area contributed by atoms with Gasteiger partial charge in [0.15, 0.2) is 0 Å². The molecule has 24 heavy (non-hydrogen) atoms. The zero-order valence-electron chi connectivity index (χ0n) is 13.4. The van der Waals surface area contributed by atoms with Crippen molar-refractivity contribution in [2.45, 2.75) is 45.1 Å². The van der Waals surface area contributed by atoms with Crippen LogP contribution in [0, 0.1) is 23.0 Å². The molecule has 0 saturated heterocycles. The molecule has 4 N–H and O–H groups in total. The van der Waals surface area contributed by atoms with E-state index in [0.29, 0.717) is 16.6 Å². The second kappa shape index (κ2) is 6.20. The standard InChI is InChI=1S/C16H20N4O4/c1-8-11(20(23)24)7-10-14(19-16(22)15(21)18-10)12(8)13(17)9-5-3-2-4-6-9/h7,9,13H,2-6,17H2,1H3,(H,18,21)(H,19,22). The van der Waals surface area contributed by atoms with Gasteiger partial charge in [0, 0.05) is 23.2 Å². The number of nitro benzene ring substituents is 1. The summed E-state index contributed by atoms with van der Waals surface area (Å²) in [5.74, 6) is 0.207. The molecule has 8 heteroatoms. The lowest BCUT2D eigenvalue weighted by Gasteiger charge is -2.29. The first-order chi connectivity index (χ1) is 11.4. The molecule has 0 aliphatic heterocycles. The number of benzene rings is 1. The van der Waals surface area contributed by atoms with Gasteiger partial charge >= 0.3 is 11.1 Å². The van der Waals surface area contributed by atoms with Gasteiger partial charge in [-0.15, -0.1) is 0 Å². The number of nitrogens with zero attached hydrogens (tertiary/aromatic N) is 1. The van der Waals surface area contributed by atoms with E-state index in [0.717, 1.165) is 25.7 Å². The number of aromatic nitrogens is 2. The average molecular weight is 332 g/mol. The zero-order valence-corrected chi connectivity index (χ0v) is 13.4. The minimum absolute atomic E-state index is 0.105. The first-order valence-electron chi connectivity index (χ1n) is 8.10. The lowest BCUT2D eigenvalue weighted by molar-refractivity contribution is -0.385. The number of fused-ring (bicyclic) bond motifs is 1. The van der Waals surface area contributed by atoms with Gasteiger partial charge < -0.3 is 15.7 Å². The molecule has 128 valence electrons. The summed E-state index contributed by atoms with van der Waals surface area (Å²) in [4.78, 5) is 39.2. The van der Waals surface area contributed by atoms with Gasteiger partial charge in [0.25, 0.3) is 5.69 Å². The van der Waals surface area contributed by atoms with Crippen LogP contribution >= 0.6 is 0 Å². The van der Waals surface area contributed by atoms with E-state index in [1.165, 1.54) is 12.5 Å². The van der Waals surface area contributed by atoms with Crippen LogP contribution in [0.5, 0.6) is 0 Å². The molecule has 1 fully saturated rings. The average Bonchev–Trinajstić information content (AvgIpc) is 2.56. The smallest absolute Gasteiger partial charge is 0.314 e. The predicted octanol–water partition coefficient (Wildman–Crippen LogP) is 2.01. The van der Waals surface area contributed by atoms with E-state index in [2.05, 4.69) is 9.97 Å². The number of rotatable bonds is 3. The van der Waals surface area contributed by atoms with Crippen molar-refractivity contribution in [3.8, 4) is 0 Å². The van der Waals surface area contributed by atoms with Crippen molar-refractivity contribution in [1.29, 1.82) is 0 Å². The molecule has 0 bridgehead atoms. The van der Waals surface area contributed by atoms with Crippen molar-refractivity contribution in [2.24, 2.45) is 11.7 Å². The number of hydrogen-bond donors (Lipinski definition) is 3. The minimum atomic E-state index is -0.835. The fourth-order valence-electron chi connectivity index (χ4n) is 3.71. The molecule has 1 heterocycles. The Bertz CT molecular complexity index is 909. The SMILES string of the molecule is Cc1c([N+](=O)[O-])cc2[nH]c(=O)c(=O)[nH]c2c1C(N)C1CCCCC1. The molecule has 1 aromatic heterocycles. The molecule has 0 radical (unpaired) electrons. The molecule has 1 saturated carbocycles. The van der Waals surface area contributed by atoms with Gasteiger partial charge in [0.2, 0.25) is 0 Å². The molecule has 1 aliphatic rings. The maximum atomic E-state index is 11.7. The molecule has 1 unspecified atom stereocenters. The van der Waals surface area contributed by atoms with Crippen molar-refractivity contribution in [1.82, 2.24) is 9.97 Å². The first-order valence-corrected chi connectivity index (χ1v) is 8.10. The van der Waals surface area contributed by atoms with Crippen molar-refractivity contribution in [2.75, 3.05) is 0 Å². The maximum absolute atomic E-state index is 11.7. The van der Waals surface area contributed by atoms with Gasteiger partial charge in [-0.05, 0) is 25.7 Å². The van der Waals surface area contributed by atoms with Crippen LogP contribution in [-0.4, -0.2) is 14.9 Å². The molecule has 1 aliphatic carbocycles. The predicted molar refractivity (Wildman–Crippen MR) is 90.1 cm³/mol. The fourth-order valence-corrected chi connectivity index (χ4v) is 3.71. The van der Waals surface area contributed by atoms with Crippen LogP contribution in [0.2, 0.25) is 0 Å². The van der Waals surface area contributed by atoms with Crippen LogP contribution in [0.15, 0.2) is 15.7 Å². The highest BCUT2D eigenvalue weighted by Gasteiger charge is 2.29. The Morgan fingerprint density at radius 3 is 2.46 bits per heavy atom. The monoisotopic (exact) mass is 332 g/mol. The van der Waals surface area contributed by atoms with Crippen molar-refractivity contribution in [3.05, 3.63) is 48.0 Å². The van der Waals surface area contributed by atoms with Gasteiger partial charge in [-0.2, -0.15) is 0 Å². The lowest BCUT2D eigenvalue weighted by atomic mass is 9.80. The molecule has 0 spiro atoms. The topological polar surface area (TPSA) is 135 Å². The number of H-pyrrole nitrogens is 2. The van der Waals surface area contributed by atoms with E-state index in [4.69, 9.17) is 5.73 Å². The van der Waals surface area contributed by atoms with Crippen LogP contribution in [0.1, 0.15) is 49.3 Å². The Morgan fingerprint density at radius 1 is 1.21 bits per heavy atom. The summed E-state index contributed by atoms with van der Waals surface area (Å²) in [7, 11) is 0. The summed E-state index contributed by atoms with van der Waals surface area (Å²) < 4.78 is 0. The normalized spacial score (nSPS) is 17.1. The Kier molecular flexibility index (Phi) is 4.23. The summed E-state index contributed by atoms with van der Waals surface area (Å²) in [5, 5.41) is 11.4. The summed E-state index contributed by atoms with van der Waals surface area (Å²) in [6, 6.07) is 0.855. The van der Waals surface area contributed by atoms with Crippen LogP contribution in [0.4, 0.5) is 5.69 Å². The third kappa shape index (κ3) is 2.73. The molecule has 1 aromatic carbocycles. The Balaban J connectivity index is 2.28. The maximum Gasteiger partial charge on any atom is 0.314 e. The summed E-state index contributed by atoms with van der Waals surface area (Å²) in [5.41, 5.74) is 6.35. The van der Waals surface area contributed by atoms with E-state index in [1.54, 1.807) is 6.92 Å². The van der Waals surface area contributed by atoms with Gasteiger partial charge in [-0.25, -0.2) is 0 Å². The fraction of sp³-hybridized carbons (Fsp3) is 0.500. The van der Waals surface area contributed by atoms with Gasteiger partial charge in [-0.1, -0.05) is 19.3 Å². The highest BCUT2D eigenvalue weighted by molar-refractivity contribution is 5.83. The molecule has 2 aromatic rings. The zero-order chi connectivity index (χ0) is 17.4. The van der Waals surface area contributed by atoms with Gasteiger partial charge in [0.1, 0.15) is 0 Å². The third-order valence-corrected chi connectivity index (χ3v) is 4.99.